The first kappa shape index (κ1) is 20.8. The summed E-state index contributed by atoms with van der Waals surface area (Å²) in [7, 11) is 1.53. The normalized spacial score (nSPS) is 14.4. The highest BCUT2D eigenvalue weighted by Gasteiger charge is 2.16. The van der Waals surface area contributed by atoms with Gasteiger partial charge in [-0.15, -0.1) is 0 Å². The van der Waals surface area contributed by atoms with Crippen molar-refractivity contribution in [3.63, 3.8) is 0 Å². The number of carboxylic acid groups (broad SMARTS) is 1. The van der Waals surface area contributed by atoms with Crippen LogP contribution in [-0.2, 0) is 6.54 Å². The highest BCUT2D eigenvalue weighted by Crippen LogP contribution is 2.26. The Morgan fingerprint density at radius 1 is 1.10 bits per heavy atom. The maximum Gasteiger partial charge on any atom is 0.335 e. The number of urea groups is 1. The van der Waals surface area contributed by atoms with Crippen LogP contribution in [-0.4, -0.2) is 34.8 Å². The summed E-state index contributed by atoms with van der Waals surface area (Å²) in [6.07, 6.45) is 7.64. The van der Waals surface area contributed by atoms with Crippen LogP contribution < -0.4 is 15.4 Å². The summed E-state index contributed by atoms with van der Waals surface area (Å²) < 4.78 is 7.46. The zero-order valence-electron chi connectivity index (χ0n) is 17.6. The molecule has 0 aliphatic heterocycles. The Hall–Kier alpha value is -3.48. The van der Waals surface area contributed by atoms with Crippen molar-refractivity contribution < 1.29 is 19.4 Å². The van der Waals surface area contributed by atoms with Crippen LogP contribution in [0.4, 0.5) is 10.5 Å². The molecule has 7 nitrogen and oxygen atoms in total. The molecule has 31 heavy (non-hydrogen) atoms. The monoisotopic (exact) mass is 421 g/mol. The van der Waals surface area contributed by atoms with Crippen molar-refractivity contribution in [1.82, 2.24) is 9.88 Å². The summed E-state index contributed by atoms with van der Waals surface area (Å²) in [5.41, 5.74) is 2.76. The topological polar surface area (TPSA) is 92.6 Å². The molecule has 1 fully saturated rings. The van der Waals surface area contributed by atoms with Gasteiger partial charge in [-0.05, 0) is 48.6 Å². The number of hydrogen-bond acceptors (Lipinski definition) is 3. The molecule has 3 N–H and O–H groups in total. The van der Waals surface area contributed by atoms with Gasteiger partial charge in [0.2, 0.25) is 0 Å². The van der Waals surface area contributed by atoms with Crippen LogP contribution in [0, 0.1) is 0 Å². The van der Waals surface area contributed by atoms with Gasteiger partial charge < -0.3 is 25.0 Å². The van der Waals surface area contributed by atoms with Gasteiger partial charge in [0.25, 0.3) is 0 Å². The third-order valence-corrected chi connectivity index (χ3v) is 5.85. The first-order chi connectivity index (χ1) is 15.0. The summed E-state index contributed by atoms with van der Waals surface area (Å²) in [5.74, 6) is -0.457. The van der Waals surface area contributed by atoms with Crippen LogP contribution in [0.3, 0.4) is 0 Å². The Morgan fingerprint density at radius 3 is 2.65 bits per heavy atom. The van der Waals surface area contributed by atoms with E-state index in [0.717, 1.165) is 35.0 Å². The maximum atomic E-state index is 12.4. The van der Waals surface area contributed by atoms with E-state index in [1.807, 2.05) is 30.5 Å². The average molecular weight is 421 g/mol. The smallest absolute Gasteiger partial charge is 0.335 e. The van der Waals surface area contributed by atoms with Gasteiger partial charge in [-0.3, -0.25) is 0 Å². The van der Waals surface area contributed by atoms with Crippen molar-refractivity contribution in [2.45, 2.75) is 44.7 Å². The molecular formula is C24H27N3O4. The van der Waals surface area contributed by atoms with E-state index in [1.165, 1.54) is 32.4 Å². The van der Waals surface area contributed by atoms with E-state index in [0.29, 0.717) is 12.3 Å². The van der Waals surface area contributed by atoms with Crippen LogP contribution in [0.25, 0.3) is 10.9 Å². The number of anilines is 1. The lowest BCUT2D eigenvalue weighted by Gasteiger charge is -2.22. The zero-order valence-corrected chi connectivity index (χ0v) is 17.6. The fourth-order valence-electron chi connectivity index (χ4n) is 4.19. The molecule has 4 rings (SSSR count). The summed E-state index contributed by atoms with van der Waals surface area (Å²) >= 11 is 0. The second-order valence-corrected chi connectivity index (χ2v) is 7.98. The Kier molecular flexibility index (Phi) is 6.11. The Morgan fingerprint density at radius 2 is 1.90 bits per heavy atom. The van der Waals surface area contributed by atoms with Gasteiger partial charge in [-0.25, -0.2) is 9.59 Å². The number of carbonyl (C=O) groups is 2. The molecule has 0 unspecified atom stereocenters. The number of carboxylic acids is 1. The van der Waals surface area contributed by atoms with Crippen LogP contribution in [0.2, 0.25) is 0 Å². The number of ether oxygens (including phenoxy) is 1. The van der Waals surface area contributed by atoms with Gasteiger partial charge >= 0.3 is 12.0 Å². The van der Waals surface area contributed by atoms with Crippen molar-refractivity contribution in [3.05, 3.63) is 59.8 Å². The fraction of sp³-hybridized carbons (Fsp3) is 0.333. The van der Waals surface area contributed by atoms with Gasteiger partial charge in [0, 0.05) is 23.5 Å². The lowest BCUT2D eigenvalue weighted by molar-refractivity contribution is 0.0696. The number of aromatic nitrogens is 1. The van der Waals surface area contributed by atoms with Crippen LogP contribution in [0.5, 0.6) is 5.75 Å². The standard InChI is InChI=1S/C24H27N3O4/c1-31-22-13-17(23(28)29)7-8-18(22)15-27-12-11-16-9-10-20(14-21(16)27)26-24(30)25-19-5-3-2-4-6-19/h7-14,19H,2-6,15H2,1H3,(H,28,29)(H2,25,26,30). The molecule has 0 atom stereocenters. The minimum Gasteiger partial charge on any atom is -0.496 e. The number of hydrogen-bond donors (Lipinski definition) is 3. The van der Waals surface area contributed by atoms with Crippen molar-refractivity contribution in [2.75, 3.05) is 12.4 Å². The van der Waals surface area contributed by atoms with Crippen molar-refractivity contribution in [1.29, 1.82) is 0 Å². The first-order valence-corrected chi connectivity index (χ1v) is 10.6. The van der Waals surface area contributed by atoms with Gasteiger partial charge in [-0.1, -0.05) is 31.4 Å². The lowest BCUT2D eigenvalue weighted by atomic mass is 9.96. The molecule has 1 aliphatic carbocycles. The summed E-state index contributed by atoms with van der Waals surface area (Å²) in [5, 5.41) is 16.3. The predicted octanol–water partition coefficient (Wildman–Crippen LogP) is 4.85. The lowest BCUT2D eigenvalue weighted by Crippen LogP contribution is -2.39. The highest BCUT2D eigenvalue weighted by molar-refractivity contribution is 5.93. The summed E-state index contributed by atoms with van der Waals surface area (Å²) in [6, 6.07) is 12.8. The summed E-state index contributed by atoms with van der Waals surface area (Å²) in [4.78, 5) is 23.6. The zero-order chi connectivity index (χ0) is 21.8. The molecule has 162 valence electrons. The van der Waals surface area contributed by atoms with Gasteiger partial charge in [0.1, 0.15) is 5.75 Å². The van der Waals surface area contributed by atoms with Crippen LogP contribution >= 0.6 is 0 Å². The number of benzene rings is 2. The fourth-order valence-corrected chi connectivity index (χ4v) is 4.19. The molecule has 0 radical (unpaired) electrons. The number of amides is 2. The SMILES string of the molecule is COc1cc(C(=O)O)ccc1Cn1ccc2ccc(NC(=O)NC3CCCCC3)cc21. The molecular weight excluding hydrogens is 394 g/mol. The third kappa shape index (κ3) is 4.82. The van der Waals surface area contributed by atoms with Gasteiger partial charge in [0.05, 0.1) is 24.7 Å². The van der Waals surface area contributed by atoms with E-state index >= 15 is 0 Å². The van der Waals surface area contributed by atoms with Gasteiger partial charge in [0.15, 0.2) is 0 Å². The second kappa shape index (κ2) is 9.12. The average Bonchev–Trinajstić information content (AvgIpc) is 3.16. The third-order valence-electron chi connectivity index (χ3n) is 5.85. The first-order valence-electron chi connectivity index (χ1n) is 10.6. The number of fused-ring (bicyclic) bond motifs is 1. The number of methoxy groups -OCH3 is 1. The van der Waals surface area contributed by atoms with Crippen molar-refractivity contribution in [3.8, 4) is 5.75 Å². The van der Waals surface area contributed by atoms with Crippen LogP contribution in [0.1, 0.15) is 48.0 Å². The Labute approximate surface area is 181 Å². The van der Waals surface area contributed by atoms with E-state index in [2.05, 4.69) is 15.2 Å². The molecule has 1 saturated carbocycles. The quantitative estimate of drug-likeness (QED) is 0.530. The molecule has 3 aromatic rings. The van der Waals surface area contributed by atoms with Crippen molar-refractivity contribution in [2.24, 2.45) is 0 Å². The number of rotatable bonds is 6. The maximum absolute atomic E-state index is 12.4. The molecule has 1 heterocycles. The number of nitrogens with one attached hydrogen (secondary N) is 2. The Balaban J connectivity index is 1.52. The highest BCUT2D eigenvalue weighted by atomic mass is 16.5. The molecule has 2 aromatic carbocycles. The number of carbonyl (C=O) groups excluding carboxylic acids is 1. The van der Waals surface area contributed by atoms with E-state index in [9.17, 15) is 14.7 Å². The molecule has 0 spiro atoms. The number of nitrogens with zero attached hydrogens (tertiary/aromatic N) is 1. The molecule has 7 heteroatoms. The Bertz CT molecular complexity index is 1100. The predicted molar refractivity (Wildman–Crippen MR) is 120 cm³/mol. The molecule has 1 aromatic heterocycles. The van der Waals surface area contributed by atoms with E-state index < -0.39 is 5.97 Å². The van der Waals surface area contributed by atoms with Crippen LogP contribution in [0.15, 0.2) is 48.7 Å². The number of aromatic carboxylic acids is 1. The minimum absolute atomic E-state index is 0.171. The van der Waals surface area contributed by atoms with E-state index in [1.54, 1.807) is 12.1 Å². The van der Waals surface area contributed by atoms with E-state index in [4.69, 9.17) is 4.74 Å². The van der Waals surface area contributed by atoms with Crippen molar-refractivity contribution >= 4 is 28.6 Å². The molecule has 0 bridgehead atoms. The molecule has 0 saturated heterocycles. The largest absolute Gasteiger partial charge is 0.496 e. The minimum atomic E-state index is -0.988. The van der Waals surface area contributed by atoms with E-state index in [-0.39, 0.29) is 17.6 Å². The summed E-state index contributed by atoms with van der Waals surface area (Å²) in [6.45, 7) is 0.518. The molecule has 2 amide bonds. The molecule has 1 aliphatic rings. The van der Waals surface area contributed by atoms with Gasteiger partial charge in [-0.2, -0.15) is 0 Å². The second-order valence-electron chi connectivity index (χ2n) is 7.98.